The van der Waals surface area contributed by atoms with E-state index in [4.69, 9.17) is 42.6 Å². The number of esters is 9. The van der Waals surface area contributed by atoms with Crippen molar-refractivity contribution in [1.82, 2.24) is 0 Å². The summed E-state index contributed by atoms with van der Waals surface area (Å²) in [7, 11) is 0. The molecule has 18 aliphatic carbocycles. The summed E-state index contributed by atoms with van der Waals surface area (Å²) in [6, 6.07) is 0. The van der Waals surface area contributed by atoms with Crippen LogP contribution in [0.25, 0.3) is 0 Å². The summed E-state index contributed by atoms with van der Waals surface area (Å²) in [6.45, 7) is 46.1. The molecule has 0 N–H and O–H groups in total. The number of rotatable bonds is 18. The summed E-state index contributed by atoms with van der Waals surface area (Å²) in [5.74, 6) is 10.5. The second kappa shape index (κ2) is 48.7. The van der Waals surface area contributed by atoms with Crippen LogP contribution in [-0.4, -0.2) is 106 Å². The zero-order chi connectivity index (χ0) is 82.6. The van der Waals surface area contributed by atoms with Gasteiger partial charge in [0, 0.05) is 35.5 Å². The molecule has 3 heterocycles. The Balaban J connectivity index is -0.000000348. The van der Waals surface area contributed by atoms with Gasteiger partial charge in [-0.2, -0.15) is 0 Å². The van der Waals surface area contributed by atoms with Gasteiger partial charge >= 0.3 is 53.7 Å². The minimum atomic E-state index is -0.614. The molecule has 18 bridgehead atoms. The zero-order valence-electron chi connectivity index (χ0n) is 73.9. The molecule has 18 nitrogen and oxygen atoms in total. The summed E-state index contributed by atoms with van der Waals surface area (Å²) in [5.41, 5.74) is -4.12. The Morgan fingerprint density at radius 2 is 0.557 bits per heavy atom. The van der Waals surface area contributed by atoms with Crippen molar-refractivity contribution in [1.29, 1.82) is 0 Å². The third kappa shape index (κ3) is 24.6. The molecular weight excluding hydrogens is 1650 g/mol. The maximum absolute atomic E-state index is 12.5. The van der Waals surface area contributed by atoms with Gasteiger partial charge in [-0.1, -0.05) is 175 Å². The van der Waals surface area contributed by atoms with Gasteiger partial charge in [0.15, 0.2) is 0 Å². The molecule has 3 aliphatic heterocycles. The molecule has 15 unspecified atom stereocenters. The van der Waals surface area contributed by atoms with Crippen molar-refractivity contribution in [2.45, 2.75) is 519 Å². The maximum atomic E-state index is 12.5. The first-order valence-electron chi connectivity index (χ1n) is 45.6. The molecule has 21 rings (SSSR count). The largest absolute Gasteiger partial charge is 0.458 e. The molecule has 0 amide bonds. The van der Waals surface area contributed by atoms with Gasteiger partial charge in [-0.3, -0.25) is 43.2 Å². The van der Waals surface area contributed by atoms with E-state index in [1.807, 2.05) is 118 Å². The normalized spacial score (nSPS) is 37.6. The van der Waals surface area contributed by atoms with Crippen LogP contribution in [0.5, 0.6) is 0 Å². The molecule has 0 aromatic rings. The highest BCUT2D eigenvalue weighted by atomic mass is 16.6. The van der Waals surface area contributed by atoms with Gasteiger partial charge in [0.2, 0.25) is 0 Å². The number of hydrogen-bond donors (Lipinski definition) is 0. The maximum Gasteiger partial charge on any atom is 0.312 e. The first kappa shape index (κ1) is 137. The molecule has 21 aliphatic rings. The Morgan fingerprint density at radius 1 is 0.290 bits per heavy atom. The Bertz CT molecular complexity index is 3370. The molecule has 780 valence electrons. The minimum absolute atomic E-state index is 0. The molecule has 0 spiro atoms. The van der Waals surface area contributed by atoms with E-state index in [2.05, 4.69) is 41.5 Å². The predicted molar refractivity (Wildman–Crippen MR) is 548 cm³/mol. The average Bonchev–Trinajstić information content (AvgIpc) is 1.53. The second-order valence-corrected chi connectivity index (χ2v) is 45.1. The lowest BCUT2D eigenvalue weighted by atomic mass is 9.50. The highest BCUT2D eigenvalue weighted by molar-refractivity contribution is 5.82. The van der Waals surface area contributed by atoms with Crippen molar-refractivity contribution in [2.75, 3.05) is 0 Å². The van der Waals surface area contributed by atoms with Crippen LogP contribution in [-0.2, 0) is 85.8 Å². The lowest BCUT2D eigenvalue weighted by Crippen LogP contribution is -2.58. The topological polar surface area (TPSA) is 237 Å². The first-order valence-corrected chi connectivity index (χ1v) is 45.6. The number of carbonyl (C=O) groups is 9. The third-order valence-electron chi connectivity index (χ3n) is 35.9. The van der Waals surface area contributed by atoms with Gasteiger partial charge in [-0.05, 0) is 362 Å². The highest BCUT2D eigenvalue weighted by Crippen LogP contribution is 2.66. The summed E-state index contributed by atoms with van der Waals surface area (Å²) in [6.07, 6.45) is 29.2. The summed E-state index contributed by atoms with van der Waals surface area (Å²) >= 11 is 0. The lowest BCUT2D eigenvalue weighted by Gasteiger charge is -2.59. The molecule has 0 aromatic heterocycles. The molecule has 0 aromatic carbocycles. The van der Waals surface area contributed by atoms with Gasteiger partial charge in [-0.25, -0.2) is 0 Å². The van der Waals surface area contributed by atoms with Crippen molar-refractivity contribution < 1.29 is 85.8 Å². The number of ether oxygens (including phenoxy) is 9. The van der Waals surface area contributed by atoms with Crippen molar-refractivity contribution in [3.8, 4) is 0 Å². The summed E-state index contributed by atoms with van der Waals surface area (Å²) < 4.78 is 52.1. The summed E-state index contributed by atoms with van der Waals surface area (Å²) in [4.78, 5) is 109. The Kier molecular flexibility index (Phi) is 50.9. The Hall–Kier alpha value is -4.77. The van der Waals surface area contributed by atoms with Gasteiger partial charge < -0.3 is 42.6 Å². The number of hydrogen-bond acceptors (Lipinski definition) is 18. The number of carbonyl (C=O) groups excluding carboxylic acids is 9. The molecule has 15 atom stereocenters. The fourth-order valence-corrected chi connectivity index (χ4v) is 25.6. The smallest absolute Gasteiger partial charge is 0.312 e. The van der Waals surface area contributed by atoms with Gasteiger partial charge in [0.05, 0.1) is 50.2 Å². The van der Waals surface area contributed by atoms with Crippen molar-refractivity contribution >= 4 is 53.7 Å². The molecule has 21 fully saturated rings. The fraction of sp³-hybridized carbons (Fsp3) is 0.920. The van der Waals surface area contributed by atoms with Crippen LogP contribution in [0.4, 0.5) is 0 Å². The third-order valence-corrected chi connectivity index (χ3v) is 35.9. The van der Waals surface area contributed by atoms with E-state index in [-0.39, 0.29) is 280 Å². The number of fused-ring (bicyclic) bond motifs is 3. The molecule has 3 saturated heterocycles. The first-order chi connectivity index (χ1) is 52.6. The average molecular weight is 1870 g/mol. The molecule has 18 heteroatoms. The van der Waals surface area contributed by atoms with Crippen LogP contribution >= 0.6 is 0 Å². The van der Waals surface area contributed by atoms with Crippen molar-refractivity contribution in [2.24, 2.45) is 157 Å². The van der Waals surface area contributed by atoms with Gasteiger partial charge in [0.1, 0.15) is 52.4 Å². The van der Waals surface area contributed by atoms with Crippen LogP contribution in [0.1, 0.15) is 466 Å². The molecule has 131 heavy (non-hydrogen) atoms. The van der Waals surface area contributed by atoms with E-state index < -0.39 is 27.4 Å². The standard InChI is InChI=1S/3C17H28O2.2C15H22O4.C14H20O4.18CH4/c3*1-5-16(2,3)15(18)19-17(4)13-7-11-6-12(9-13)10-14(17)8-11;1-5-14(2,3)13(17)19-15(4)8-6-9-10(7-8)12(16)18-11(9)15;1-5-14(2,3)13(17)18-11-8-6-9-10(7-8)15(11,4)19-12(9)16;1-4-14(2,3)13(16)18-10-7-5-8-9(6-7)12(15)17-11(8)10;;;;;;;;;;;;;;;;;;/h3*11-14H,5-10H2,1-4H3;2*8-11H,5-7H2,1-4H3;7-11H,4-6H2,1-3H3;18*1H4. The SMILES string of the molecule is C.C.C.C.C.C.C.C.C.C.C.C.C.C.C.C.C.C.CCC(C)(C)C(=O)OC1(C)C2CC3C(=O)OC1C3C2.CCC(C)(C)C(=O)OC1(C)C2CC3CC(C2)CC1C3.CCC(C)(C)C(=O)OC1(C)C2CC3CC(C2)CC1C3.CCC(C)(C)C(=O)OC1(C)C2CC3CC(C2)CC1C3.CCC(C)(C)C(=O)OC1C2CC3C(=O)OC1(C)C3C2.CCC(C)(C)C(=O)OC1C2CC3C(=O)OC1C3C2. The monoisotopic (exact) mass is 1870 g/mol. The summed E-state index contributed by atoms with van der Waals surface area (Å²) in [5, 5.41) is 0. The van der Waals surface area contributed by atoms with Crippen LogP contribution < -0.4 is 0 Å². The van der Waals surface area contributed by atoms with E-state index in [9.17, 15) is 43.2 Å². The van der Waals surface area contributed by atoms with Crippen molar-refractivity contribution in [3.63, 3.8) is 0 Å². The Labute approximate surface area is 810 Å². The highest BCUT2D eigenvalue weighted by Gasteiger charge is 2.72. The quantitative estimate of drug-likeness (QED) is 0.0916. The predicted octanol–water partition coefficient (Wildman–Crippen LogP) is 30.5. The van der Waals surface area contributed by atoms with Gasteiger partial charge in [0.25, 0.3) is 0 Å². The molecule has 18 saturated carbocycles. The minimum Gasteiger partial charge on any atom is -0.458 e. The van der Waals surface area contributed by atoms with E-state index in [1.165, 1.54) is 96.3 Å². The van der Waals surface area contributed by atoms with Crippen LogP contribution in [0.2, 0.25) is 0 Å². The molecule has 0 radical (unpaired) electrons. The van der Waals surface area contributed by atoms with Gasteiger partial charge in [-0.15, -0.1) is 0 Å². The lowest BCUT2D eigenvalue weighted by molar-refractivity contribution is -0.211. The van der Waals surface area contributed by atoms with E-state index in [0.29, 0.717) is 53.3 Å². The zero-order valence-corrected chi connectivity index (χ0v) is 73.9. The van der Waals surface area contributed by atoms with E-state index in [0.717, 1.165) is 113 Å². The van der Waals surface area contributed by atoms with Crippen LogP contribution in [0.3, 0.4) is 0 Å². The molecular formula is C113H220O18. The second-order valence-electron chi connectivity index (χ2n) is 45.1. The fourth-order valence-electron chi connectivity index (χ4n) is 25.6. The van der Waals surface area contributed by atoms with Crippen LogP contribution in [0, 0.1) is 157 Å². The Morgan fingerprint density at radius 3 is 0.870 bits per heavy atom. The van der Waals surface area contributed by atoms with Crippen LogP contribution in [0.15, 0.2) is 0 Å². The van der Waals surface area contributed by atoms with E-state index >= 15 is 0 Å². The van der Waals surface area contributed by atoms with Crippen molar-refractivity contribution in [3.05, 3.63) is 0 Å². The van der Waals surface area contributed by atoms with E-state index in [1.54, 1.807) is 0 Å².